The van der Waals surface area contributed by atoms with Crippen molar-refractivity contribution in [2.75, 3.05) is 5.32 Å². The van der Waals surface area contributed by atoms with Gasteiger partial charge in [-0.05, 0) is 31.4 Å². The first-order valence-electron chi connectivity index (χ1n) is 10.1. The molecule has 6 nitrogen and oxygen atoms in total. The van der Waals surface area contributed by atoms with Gasteiger partial charge in [-0.15, -0.1) is 0 Å². The Balaban J connectivity index is 1.31. The molecule has 3 aromatic heterocycles. The molecule has 7 heteroatoms. The highest BCUT2D eigenvalue weighted by atomic mass is 32.1. The van der Waals surface area contributed by atoms with Crippen molar-refractivity contribution >= 4 is 16.5 Å². The van der Waals surface area contributed by atoms with E-state index in [1.54, 1.807) is 11.3 Å². The number of hydrogen-bond donors (Lipinski definition) is 2. The zero-order chi connectivity index (χ0) is 19.6. The van der Waals surface area contributed by atoms with E-state index in [0.717, 1.165) is 38.2 Å². The second-order valence-electron chi connectivity index (χ2n) is 7.54. The van der Waals surface area contributed by atoms with Crippen LogP contribution in [0.5, 0.6) is 0 Å². The van der Waals surface area contributed by atoms with Crippen LogP contribution in [0.25, 0.3) is 21.8 Å². The van der Waals surface area contributed by atoms with Gasteiger partial charge in [0.15, 0.2) is 5.13 Å². The predicted molar refractivity (Wildman–Crippen MR) is 117 cm³/mol. The Morgan fingerprint density at radius 3 is 2.83 bits per heavy atom. The van der Waals surface area contributed by atoms with Crippen molar-refractivity contribution in [1.29, 1.82) is 0 Å². The van der Waals surface area contributed by atoms with Crippen LogP contribution in [0.4, 0.5) is 5.13 Å². The van der Waals surface area contributed by atoms with Crippen molar-refractivity contribution in [3.05, 3.63) is 60.0 Å². The predicted octanol–water partition coefficient (Wildman–Crippen LogP) is 5.43. The van der Waals surface area contributed by atoms with E-state index in [-0.39, 0.29) is 0 Å². The molecule has 2 N–H and O–H groups in total. The lowest BCUT2D eigenvalue weighted by molar-refractivity contribution is 0.468. The minimum absolute atomic E-state index is 0.562. The molecule has 0 unspecified atom stereocenters. The lowest BCUT2D eigenvalue weighted by Gasteiger charge is -2.08. The lowest BCUT2D eigenvalue weighted by atomic mass is 10.1. The molecule has 0 aliphatic heterocycles. The van der Waals surface area contributed by atoms with Crippen LogP contribution in [-0.4, -0.2) is 25.0 Å². The van der Waals surface area contributed by atoms with Gasteiger partial charge in [-0.2, -0.15) is 10.2 Å². The molecule has 4 aromatic rings. The van der Waals surface area contributed by atoms with E-state index >= 15 is 0 Å². The van der Waals surface area contributed by atoms with Gasteiger partial charge in [-0.3, -0.25) is 9.78 Å². The number of benzene rings is 1. The Bertz CT molecular complexity index is 1090. The molecule has 29 heavy (non-hydrogen) atoms. The smallest absolute Gasteiger partial charge is 0.183 e. The topological polar surface area (TPSA) is 71.4 Å². The molecule has 1 aliphatic carbocycles. The zero-order valence-corrected chi connectivity index (χ0v) is 17.2. The molecule has 1 aromatic carbocycles. The summed E-state index contributed by atoms with van der Waals surface area (Å²) in [7, 11) is 0. The number of aromatic nitrogens is 5. The molecular formula is C22H24N6S. The first-order valence-corrected chi connectivity index (χ1v) is 10.9. The van der Waals surface area contributed by atoms with Crippen molar-refractivity contribution in [3.63, 3.8) is 0 Å². The minimum atomic E-state index is 0.562. The third-order valence-electron chi connectivity index (χ3n) is 5.55. The van der Waals surface area contributed by atoms with Crippen LogP contribution in [0.3, 0.4) is 0 Å². The summed E-state index contributed by atoms with van der Waals surface area (Å²) in [4.78, 5) is 5.86. The molecule has 0 spiro atoms. The third kappa shape index (κ3) is 3.70. The SMILES string of the molecule is Cc1nc(NCc2cn[nH]c2-c2ccccc2)sc1-c1ccn(C2CCCC2)n1. The van der Waals surface area contributed by atoms with Crippen LogP contribution in [0, 0.1) is 6.92 Å². The summed E-state index contributed by atoms with van der Waals surface area (Å²) in [6, 6.07) is 12.9. The van der Waals surface area contributed by atoms with E-state index in [1.807, 2.05) is 24.4 Å². The summed E-state index contributed by atoms with van der Waals surface area (Å²) < 4.78 is 2.15. The van der Waals surface area contributed by atoms with Crippen LogP contribution in [0.2, 0.25) is 0 Å². The van der Waals surface area contributed by atoms with Crippen LogP contribution < -0.4 is 5.32 Å². The molecule has 3 heterocycles. The quantitative estimate of drug-likeness (QED) is 0.449. The lowest BCUT2D eigenvalue weighted by Crippen LogP contribution is -2.04. The van der Waals surface area contributed by atoms with Crippen molar-refractivity contribution in [1.82, 2.24) is 25.0 Å². The van der Waals surface area contributed by atoms with Crippen LogP contribution in [-0.2, 0) is 6.54 Å². The number of nitrogens with one attached hydrogen (secondary N) is 2. The van der Waals surface area contributed by atoms with Gasteiger partial charge in [0.25, 0.3) is 0 Å². The molecular weight excluding hydrogens is 380 g/mol. The van der Waals surface area contributed by atoms with E-state index in [4.69, 9.17) is 10.1 Å². The number of hydrogen-bond acceptors (Lipinski definition) is 5. The van der Waals surface area contributed by atoms with Gasteiger partial charge < -0.3 is 5.32 Å². The highest BCUT2D eigenvalue weighted by molar-refractivity contribution is 7.19. The third-order valence-corrected chi connectivity index (χ3v) is 6.68. The van der Waals surface area contributed by atoms with Crippen LogP contribution >= 0.6 is 11.3 Å². The Kier molecular flexibility index (Phi) is 4.89. The van der Waals surface area contributed by atoms with Gasteiger partial charge in [0.2, 0.25) is 0 Å². The van der Waals surface area contributed by atoms with E-state index < -0.39 is 0 Å². The highest BCUT2D eigenvalue weighted by Gasteiger charge is 2.19. The highest BCUT2D eigenvalue weighted by Crippen LogP contribution is 2.34. The van der Waals surface area contributed by atoms with Crippen molar-refractivity contribution in [2.24, 2.45) is 0 Å². The first-order chi connectivity index (χ1) is 14.3. The first kappa shape index (κ1) is 18.1. The maximum Gasteiger partial charge on any atom is 0.183 e. The molecule has 0 bridgehead atoms. The van der Waals surface area contributed by atoms with Crippen molar-refractivity contribution < 1.29 is 0 Å². The number of thiazole rings is 1. The van der Waals surface area contributed by atoms with Gasteiger partial charge in [0.1, 0.15) is 5.69 Å². The van der Waals surface area contributed by atoms with Gasteiger partial charge in [-0.1, -0.05) is 54.5 Å². The minimum Gasteiger partial charge on any atom is -0.357 e. The monoisotopic (exact) mass is 404 g/mol. The molecule has 1 aliphatic rings. The normalized spacial score (nSPS) is 14.5. The van der Waals surface area contributed by atoms with Crippen molar-refractivity contribution in [2.45, 2.75) is 45.2 Å². The Morgan fingerprint density at radius 2 is 2.00 bits per heavy atom. The summed E-state index contributed by atoms with van der Waals surface area (Å²) in [5.41, 5.74) is 5.34. The summed E-state index contributed by atoms with van der Waals surface area (Å²) in [5, 5.41) is 16.6. The summed E-state index contributed by atoms with van der Waals surface area (Å²) in [5.74, 6) is 0. The van der Waals surface area contributed by atoms with Crippen LogP contribution in [0.15, 0.2) is 48.8 Å². The van der Waals surface area contributed by atoms with Gasteiger partial charge >= 0.3 is 0 Å². The molecule has 1 fully saturated rings. The summed E-state index contributed by atoms with van der Waals surface area (Å²) in [6.07, 6.45) is 9.10. The Morgan fingerprint density at radius 1 is 1.17 bits per heavy atom. The molecule has 0 atom stereocenters. The number of anilines is 1. The fraction of sp³-hybridized carbons (Fsp3) is 0.318. The number of rotatable bonds is 6. The fourth-order valence-electron chi connectivity index (χ4n) is 4.01. The Hall–Kier alpha value is -2.93. The largest absolute Gasteiger partial charge is 0.357 e. The molecule has 0 radical (unpaired) electrons. The number of aromatic amines is 1. The number of aryl methyl sites for hydroxylation is 1. The molecule has 148 valence electrons. The van der Waals surface area contributed by atoms with Crippen LogP contribution in [0.1, 0.15) is 43.0 Å². The van der Waals surface area contributed by atoms with E-state index in [2.05, 4.69) is 51.5 Å². The number of nitrogens with zero attached hydrogens (tertiary/aromatic N) is 4. The standard InChI is InChI=1S/C22H24N6S/c1-15-21(19-11-12-28(27-19)18-9-5-6-10-18)29-22(25-15)23-13-17-14-24-26-20(17)16-7-3-2-4-8-16/h2-4,7-8,11-12,14,18H,5-6,9-10,13H2,1H3,(H,23,25)(H,24,26). The summed E-state index contributed by atoms with van der Waals surface area (Å²) >= 11 is 1.66. The second-order valence-corrected chi connectivity index (χ2v) is 8.54. The number of H-pyrrole nitrogens is 1. The maximum atomic E-state index is 4.84. The average Bonchev–Trinajstić information content (AvgIpc) is 3.53. The van der Waals surface area contributed by atoms with E-state index in [9.17, 15) is 0 Å². The van der Waals surface area contributed by atoms with E-state index in [1.165, 1.54) is 25.7 Å². The molecule has 0 amide bonds. The molecule has 5 rings (SSSR count). The van der Waals surface area contributed by atoms with Gasteiger partial charge in [-0.25, -0.2) is 4.98 Å². The second kappa shape index (κ2) is 7.83. The zero-order valence-electron chi connectivity index (χ0n) is 16.4. The fourth-order valence-corrected chi connectivity index (χ4v) is 4.94. The van der Waals surface area contributed by atoms with E-state index in [0.29, 0.717) is 12.6 Å². The van der Waals surface area contributed by atoms with Crippen molar-refractivity contribution in [3.8, 4) is 21.8 Å². The average molecular weight is 405 g/mol. The molecule has 1 saturated carbocycles. The molecule has 0 saturated heterocycles. The van der Waals surface area contributed by atoms with Gasteiger partial charge in [0, 0.05) is 18.3 Å². The summed E-state index contributed by atoms with van der Waals surface area (Å²) in [6.45, 7) is 2.72. The van der Waals surface area contributed by atoms with Gasteiger partial charge in [0.05, 0.1) is 28.5 Å². The maximum absolute atomic E-state index is 4.84. The Labute approximate surface area is 174 Å².